The molecular formula is C21H31NO2. The number of ether oxygens (including phenoxy) is 1. The van der Waals surface area contributed by atoms with Crippen molar-refractivity contribution in [3.63, 3.8) is 0 Å². The van der Waals surface area contributed by atoms with Gasteiger partial charge in [0.05, 0.1) is 0 Å². The molecule has 1 heterocycles. The Balaban J connectivity index is 1.57. The Morgan fingerprint density at radius 1 is 1.17 bits per heavy atom. The van der Waals surface area contributed by atoms with Crippen molar-refractivity contribution in [2.24, 2.45) is 17.8 Å². The Kier molecular flexibility index (Phi) is 5.29. The molecule has 3 rings (SSSR count). The Morgan fingerprint density at radius 2 is 1.88 bits per heavy atom. The molecule has 0 bridgehead atoms. The van der Waals surface area contributed by atoms with Gasteiger partial charge in [0.25, 0.3) is 0 Å². The third-order valence-corrected chi connectivity index (χ3v) is 5.93. The number of hydrogen-bond donors (Lipinski definition) is 0. The SMILES string of the molecule is CC1CCC(C(C)C)C(OC(=O)[C@H]2CN2[C@H](C)c2ccccc2)C1. The van der Waals surface area contributed by atoms with E-state index in [1.807, 2.05) is 6.07 Å². The van der Waals surface area contributed by atoms with Crippen molar-refractivity contribution in [3.8, 4) is 0 Å². The quantitative estimate of drug-likeness (QED) is 0.591. The van der Waals surface area contributed by atoms with Crippen molar-refractivity contribution in [2.75, 3.05) is 6.54 Å². The summed E-state index contributed by atoms with van der Waals surface area (Å²) in [5, 5.41) is 0. The average molecular weight is 329 g/mol. The van der Waals surface area contributed by atoms with Crippen molar-refractivity contribution in [1.82, 2.24) is 4.90 Å². The topological polar surface area (TPSA) is 29.3 Å². The predicted molar refractivity (Wildman–Crippen MR) is 96.6 cm³/mol. The molecule has 4 unspecified atom stereocenters. The number of benzene rings is 1. The summed E-state index contributed by atoms with van der Waals surface area (Å²) in [6.45, 7) is 9.77. The normalized spacial score (nSPS) is 34.0. The second-order valence-corrected chi connectivity index (χ2v) is 8.10. The summed E-state index contributed by atoms with van der Waals surface area (Å²) in [6.07, 6.45) is 3.58. The van der Waals surface area contributed by atoms with Crippen LogP contribution in [0.2, 0.25) is 0 Å². The summed E-state index contributed by atoms with van der Waals surface area (Å²) in [6, 6.07) is 10.6. The maximum atomic E-state index is 12.6. The number of rotatable bonds is 5. The standard InChI is InChI=1S/C21H31NO2/c1-14(2)18-11-10-15(3)12-20(18)24-21(23)19-13-22(19)16(4)17-8-6-5-7-9-17/h5-9,14-16,18-20H,10-13H2,1-4H3/t15?,16-,18?,19-,20?,22?/m1/s1. The molecule has 1 saturated carbocycles. The van der Waals surface area contributed by atoms with E-state index in [2.05, 4.69) is 56.9 Å². The summed E-state index contributed by atoms with van der Waals surface area (Å²) in [5.41, 5.74) is 1.26. The van der Waals surface area contributed by atoms with Gasteiger partial charge in [-0.1, -0.05) is 57.5 Å². The van der Waals surface area contributed by atoms with Gasteiger partial charge in [-0.2, -0.15) is 0 Å². The van der Waals surface area contributed by atoms with Crippen LogP contribution in [0.25, 0.3) is 0 Å². The van der Waals surface area contributed by atoms with Crippen molar-refractivity contribution >= 4 is 5.97 Å². The van der Waals surface area contributed by atoms with Crippen LogP contribution in [0.5, 0.6) is 0 Å². The summed E-state index contributed by atoms with van der Waals surface area (Å²) in [4.78, 5) is 14.9. The molecule has 1 aliphatic carbocycles. The lowest BCUT2D eigenvalue weighted by atomic mass is 9.75. The van der Waals surface area contributed by atoms with E-state index in [1.54, 1.807) is 0 Å². The Bertz CT molecular complexity index is 556. The van der Waals surface area contributed by atoms with Gasteiger partial charge in [-0.25, -0.2) is 0 Å². The molecule has 1 saturated heterocycles. The smallest absolute Gasteiger partial charge is 0.325 e. The Morgan fingerprint density at radius 3 is 2.54 bits per heavy atom. The molecule has 24 heavy (non-hydrogen) atoms. The molecule has 2 aliphatic rings. The van der Waals surface area contributed by atoms with Crippen LogP contribution < -0.4 is 0 Å². The zero-order valence-corrected chi connectivity index (χ0v) is 15.4. The third kappa shape index (κ3) is 3.83. The molecule has 0 N–H and O–H groups in total. The summed E-state index contributed by atoms with van der Waals surface area (Å²) < 4.78 is 6.00. The first-order valence-electron chi connectivity index (χ1n) is 9.48. The molecule has 1 aromatic rings. The van der Waals surface area contributed by atoms with Gasteiger partial charge >= 0.3 is 5.97 Å². The molecular weight excluding hydrogens is 298 g/mol. The van der Waals surface area contributed by atoms with Crippen LogP contribution in [0.4, 0.5) is 0 Å². The highest BCUT2D eigenvalue weighted by molar-refractivity contribution is 5.79. The van der Waals surface area contributed by atoms with Gasteiger partial charge in [0, 0.05) is 12.6 Å². The van der Waals surface area contributed by atoms with E-state index in [1.165, 1.54) is 18.4 Å². The van der Waals surface area contributed by atoms with E-state index in [0.717, 1.165) is 13.0 Å². The van der Waals surface area contributed by atoms with Crippen molar-refractivity contribution in [3.05, 3.63) is 35.9 Å². The van der Waals surface area contributed by atoms with Gasteiger partial charge < -0.3 is 4.74 Å². The van der Waals surface area contributed by atoms with Crippen LogP contribution in [-0.2, 0) is 9.53 Å². The minimum Gasteiger partial charge on any atom is -0.461 e. The Hall–Kier alpha value is -1.35. The summed E-state index contributed by atoms with van der Waals surface area (Å²) in [5.74, 6) is 1.75. The Labute approximate surface area is 146 Å². The summed E-state index contributed by atoms with van der Waals surface area (Å²) in [7, 11) is 0. The minimum atomic E-state index is -0.0507. The average Bonchev–Trinajstić information content (AvgIpc) is 3.35. The number of carbonyl (C=O) groups excluding carboxylic acids is 1. The van der Waals surface area contributed by atoms with Gasteiger partial charge in [-0.15, -0.1) is 0 Å². The number of carbonyl (C=O) groups is 1. The van der Waals surface area contributed by atoms with E-state index >= 15 is 0 Å². The number of esters is 1. The van der Waals surface area contributed by atoms with Crippen LogP contribution in [-0.4, -0.2) is 29.6 Å². The molecule has 0 aromatic heterocycles. The van der Waals surface area contributed by atoms with Gasteiger partial charge in [0.1, 0.15) is 12.1 Å². The highest BCUT2D eigenvalue weighted by Gasteiger charge is 2.46. The molecule has 0 radical (unpaired) electrons. The molecule has 3 nitrogen and oxygen atoms in total. The largest absolute Gasteiger partial charge is 0.461 e. The van der Waals surface area contributed by atoms with Crippen LogP contribution in [0.3, 0.4) is 0 Å². The fourth-order valence-corrected chi connectivity index (χ4v) is 4.19. The van der Waals surface area contributed by atoms with E-state index in [4.69, 9.17) is 4.74 Å². The zero-order valence-electron chi connectivity index (χ0n) is 15.4. The van der Waals surface area contributed by atoms with Gasteiger partial charge in [-0.05, 0) is 43.1 Å². The third-order valence-electron chi connectivity index (χ3n) is 5.93. The van der Waals surface area contributed by atoms with Crippen molar-refractivity contribution in [2.45, 2.75) is 65.1 Å². The van der Waals surface area contributed by atoms with Crippen molar-refractivity contribution < 1.29 is 9.53 Å². The van der Waals surface area contributed by atoms with E-state index in [-0.39, 0.29) is 24.2 Å². The van der Waals surface area contributed by atoms with E-state index in [0.29, 0.717) is 17.8 Å². The van der Waals surface area contributed by atoms with Crippen LogP contribution >= 0.6 is 0 Å². The molecule has 1 aliphatic heterocycles. The molecule has 132 valence electrons. The van der Waals surface area contributed by atoms with Crippen LogP contribution in [0.1, 0.15) is 58.6 Å². The lowest BCUT2D eigenvalue weighted by Gasteiger charge is -2.36. The second-order valence-electron chi connectivity index (χ2n) is 8.10. The maximum Gasteiger partial charge on any atom is 0.325 e. The molecule has 0 spiro atoms. The first-order chi connectivity index (χ1) is 11.5. The molecule has 3 heteroatoms. The van der Waals surface area contributed by atoms with Crippen LogP contribution in [0, 0.1) is 17.8 Å². The lowest BCUT2D eigenvalue weighted by Crippen LogP contribution is -2.37. The number of hydrogen-bond acceptors (Lipinski definition) is 3. The molecule has 0 amide bonds. The highest BCUT2D eigenvalue weighted by Crippen LogP contribution is 2.37. The fourth-order valence-electron chi connectivity index (χ4n) is 4.19. The van der Waals surface area contributed by atoms with Crippen molar-refractivity contribution in [1.29, 1.82) is 0 Å². The number of nitrogens with zero attached hydrogens (tertiary/aromatic N) is 1. The first kappa shape index (κ1) is 17.5. The maximum absolute atomic E-state index is 12.6. The van der Waals surface area contributed by atoms with E-state index < -0.39 is 0 Å². The monoisotopic (exact) mass is 329 g/mol. The van der Waals surface area contributed by atoms with E-state index in [9.17, 15) is 4.79 Å². The second kappa shape index (κ2) is 7.26. The predicted octanol–water partition coefficient (Wildman–Crippen LogP) is 4.44. The molecule has 6 atom stereocenters. The first-order valence-corrected chi connectivity index (χ1v) is 9.48. The van der Waals surface area contributed by atoms with Gasteiger partial charge in [0.15, 0.2) is 0 Å². The minimum absolute atomic E-state index is 0.0115. The fraction of sp³-hybridized carbons (Fsp3) is 0.667. The molecule has 2 fully saturated rings. The zero-order chi connectivity index (χ0) is 17.3. The van der Waals surface area contributed by atoms with Gasteiger partial charge in [0.2, 0.25) is 0 Å². The highest BCUT2D eigenvalue weighted by atomic mass is 16.5. The van der Waals surface area contributed by atoms with Gasteiger partial charge in [-0.3, -0.25) is 9.69 Å². The summed E-state index contributed by atoms with van der Waals surface area (Å²) >= 11 is 0. The molecule has 1 aromatic carbocycles. The lowest BCUT2D eigenvalue weighted by molar-refractivity contribution is -0.156. The van der Waals surface area contributed by atoms with Crippen LogP contribution in [0.15, 0.2) is 30.3 Å².